The quantitative estimate of drug-likeness (QED) is 0.168. The van der Waals surface area contributed by atoms with Crippen LogP contribution in [0.4, 0.5) is 13.2 Å². The number of aromatic carboxylic acids is 1. The fraction of sp³-hybridized carbons (Fsp3) is 0.156. The number of rotatable bonds is 8. The minimum atomic E-state index is -4.60. The fourth-order valence-corrected chi connectivity index (χ4v) is 5.33. The van der Waals surface area contributed by atoms with Crippen LogP contribution in [0.15, 0.2) is 84.9 Å². The van der Waals surface area contributed by atoms with Crippen LogP contribution in [-0.2, 0) is 6.18 Å². The van der Waals surface area contributed by atoms with Gasteiger partial charge in [0.25, 0.3) is 5.91 Å². The molecule has 1 amide bonds. The van der Waals surface area contributed by atoms with Crippen LogP contribution in [0.1, 0.15) is 57.7 Å². The number of alkyl halides is 3. The summed E-state index contributed by atoms with van der Waals surface area (Å²) in [4.78, 5) is 33.6. The molecule has 4 aromatic carbocycles. The standard InChI is InChI=1S/C32H25ClF3N3O3/c1-2-8-25(20-9-3-4-11-23(20)32(34,35)36)39-30(40)18-15-16-19(22(17-18)31(41)42)28-21(10-7-12-24(28)33)29-37-26-13-5-6-14-27(26)38-29/h3-7,9-17,25H,2,8H2,1H3,(H,37,38)(H,39,40)(H,41,42)/t25-/m0/s1. The maximum atomic E-state index is 13.7. The van der Waals surface area contributed by atoms with Gasteiger partial charge in [0, 0.05) is 21.7 Å². The average molecular weight is 592 g/mol. The summed E-state index contributed by atoms with van der Waals surface area (Å²) in [6.45, 7) is 1.80. The highest BCUT2D eigenvalue weighted by Crippen LogP contribution is 2.40. The Morgan fingerprint density at radius 3 is 2.43 bits per heavy atom. The van der Waals surface area contributed by atoms with Crippen molar-refractivity contribution in [1.82, 2.24) is 15.3 Å². The lowest BCUT2D eigenvalue weighted by atomic mass is 9.92. The largest absolute Gasteiger partial charge is 0.478 e. The number of fused-ring (bicyclic) bond motifs is 1. The summed E-state index contributed by atoms with van der Waals surface area (Å²) >= 11 is 6.61. The van der Waals surface area contributed by atoms with Crippen LogP contribution >= 0.6 is 11.6 Å². The molecule has 1 heterocycles. The van der Waals surface area contributed by atoms with Gasteiger partial charge in [-0.1, -0.05) is 73.5 Å². The van der Waals surface area contributed by atoms with E-state index in [1.807, 2.05) is 24.3 Å². The van der Waals surface area contributed by atoms with Crippen LogP contribution in [-0.4, -0.2) is 27.0 Å². The lowest BCUT2D eigenvalue weighted by molar-refractivity contribution is -0.138. The third kappa shape index (κ3) is 5.73. The van der Waals surface area contributed by atoms with Gasteiger partial charge in [-0.25, -0.2) is 9.78 Å². The number of hydrogen-bond acceptors (Lipinski definition) is 3. The Labute approximate surface area is 244 Å². The summed E-state index contributed by atoms with van der Waals surface area (Å²) in [7, 11) is 0. The van der Waals surface area contributed by atoms with Crippen molar-refractivity contribution >= 4 is 34.5 Å². The van der Waals surface area contributed by atoms with Crippen molar-refractivity contribution in [2.24, 2.45) is 0 Å². The lowest BCUT2D eigenvalue weighted by Gasteiger charge is -2.23. The van der Waals surface area contributed by atoms with Crippen LogP contribution in [0.5, 0.6) is 0 Å². The van der Waals surface area contributed by atoms with Gasteiger partial charge in [0.2, 0.25) is 0 Å². The number of halogens is 4. The Bertz CT molecular complexity index is 1770. The predicted octanol–water partition coefficient (Wildman–Crippen LogP) is 8.54. The van der Waals surface area contributed by atoms with Crippen LogP contribution in [0.2, 0.25) is 5.02 Å². The zero-order valence-corrected chi connectivity index (χ0v) is 23.1. The molecule has 214 valence electrons. The number of H-pyrrole nitrogens is 1. The van der Waals surface area contributed by atoms with Gasteiger partial charge >= 0.3 is 12.1 Å². The number of imidazole rings is 1. The van der Waals surface area contributed by atoms with E-state index in [2.05, 4.69) is 15.3 Å². The smallest absolute Gasteiger partial charge is 0.416 e. The molecule has 5 rings (SSSR count). The summed E-state index contributed by atoms with van der Waals surface area (Å²) in [5.74, 6) is -1.52. The van der Waals surface area contributed by atoms with Crippen molar-refractivity contribution in [2.45, 2.75) is 32.0 Å². The second kappa shape index (κ2) is 11.7. The van der Waals surface area contributed by atoms with Gasteiger partial charge in [-0.3, -0.25) is 4.79 Å². The number of amides is 1. The second-order valence-corrected chi connectivity index (χ2v) is 10.1. The van der Waals surface area contributed by atoms with Crippen molar-refractivity contribution in [3.05, 3.63) is 112 Å². The van der Waals surface area contributed by atoms with Crippen molar-refractivity contribution in [3.63, 3.8) is 0 Å². The number of hydrogen-bond donors (Lipinski definition) is 3. The highest BCUT2D eigenvalue weighted by atomic mass is 35.5. The molecule has 0 aliphatic carbocycles. The van der Waals surface area contributed by atoms with E-state index in [1.165, 1.54) is 36.4 Å². The van der Waals surface area contributed by atoms with E-state index in [9.17, 15) is 27.9 Å². The third-order valence-corrected chi connectivity index (χ3v) is 7.28. The molecule has 0 aliphatic heterocycles. The number of nitrogens with one attached hydrogen (secondary N) is 2. The highest BCUT2D eigenvalue weighted by molar-refractivity contribution is 6.34. The Kier molecular flexibility index (Phi) is 8.04. The average Bonchev–Trinajstić information content (AvgIpc) is 3.40. The molecule has 0 saturated carbocycles. The maximum Gasteiger partial charge on any atom is 0.416 e. The molecule has 0 unspecified atom stereocenters. The predicted molar refractivity (Wildman–Crippen MR) is 155 cm³/mol. The number of carbonyl (C=O) groups excluding carboxylic acids is 1. The normalized spacial score (nSPS) is 12.3. The lowest BCUT2D eigenvalue weighted by Crippen LogP contribution is -2.30. The number of aromatic amines is 1. The van der Waals surface area contributed by atoms with Crippen molar-refractivity contribution in [3.8, 4) is 22.5 Å². The molecule has 6 nitrogen and oxygen atoms in total. The minimum Gasteiger partial charge on any atom is -0.478 e. The zero-order valence-electron chi connectivity index (χ0n) is 22.3. The van der Waals surface area contributed by atoms with E-state index < -0.39 is 29.7 Å². The summed E-state index contributed by atoms with van der Waals surface area (Å²) in [5.41, 5.74) is 1.64. The topological polar surface area (TPSA) is 95.1 Å². The second-order valence-electron chi connectivity index (χ2n) is 9.73. The van der Waals surface area contributed by atoms with Gasteiger partial charge in [-0.2, -0.15) is 13.2 Å². The van der Waals surface area contributed by atoms with Crippen molar-refractivity contribution in [1.29, 1.82) is 0 Å². The van der Waals surface area contributed by atoms with Gasteiger partial charge in [-0.15, -0.1) is 0 Å². The van der Waals surface area contributed by atoms with Crippen LogP contribution in [0.25, 0.3) is 33.5 Å². The van der Waals surface area contributed by atoms with Gasteiger partial charge in [0.05, 0.1) is 28.2 Å². The molecule has 1 atom stereocenters. The Balaban J connectivity index is 1.54. The molecule has 42 heavy (non-hydrogen) atoms. The monoisotopic (exact) mass is 591 g/mol. The number of carboxylic acids is 1. The Morgan fingerprint density at radius 1 is 0.976 bits per heavy atom. The van der Waals surface area contributed by atoms with Crippen LogP contribution in [0, 0.1) is 0 Å². The molecular weight excluding hydrogens is 567 g/mol. The Hall–Kier alpha value is -4.63. The van der Waals surface area contributed by atoms with E-state index in [4.69, 9.17) is 11.6 Å². The molecule has 0 saturated heterocycles. The molecule has 1 aromatic heterocycles. The van der Waals surface area contributed by atoms with Gasteiger partial charge in [-0.05, 0) is 53.9 Å². The number of aromatic nitrogens is 2. The first-order valence-electron chi connectivity index (χ1n) is 13.2. The maximum absolute atomic E-state index is 13.7. The number of carbonyl (C=O) groups is 2. The summed E-state index contributed by atoms with van der Waals surface area (Å²) in [5, 5.41) is 13.1. The van der Waals surface area contributed by atoms with Crippen molar-refractivity contribution in [2.75, 3.05) is 0 Å². The van der Waals surface area contributed by atoms with E-state index in [0.29, 0.717) is 23.4 Å². The van der Waals surface area contributed by atoms with E-state index in [-0.39, 0.29) is 33.7 Å². The third-order valence-electron chi connectivity index (χ3n) is 6.96. The summed E-state index contributed by atoms with van der Waals surface area (Å²) in [6.07, 6.45) is -3.84. The minimum absolute atomic E-state index is 0.0147. The molecule has 0 spiro atoms. The Morgan fingerprint density at radius 2 is 1.71 bits per heavy atom. The zero-order chi connectivity index (χ0) is 30.0. The number of benzene rings is 4. The first-order valence-corrected chi connectivity index (χ1v) is 13.5. The molecule has 0 fully saturated rings. The number of nitrogens with zero attached hydrogens (tertiary/aromatic N) is 1. The number of carboxylic acid groups (broad SMARTS) is 1. The van der Waals surface area contributed by atoms with Crippen LogP contribution in [0.3, 0.4) is 0 Å². The van der Waals surface area contributed by atoms with E-state index in [1.54, 1.807) is 25.1 Å². The summed E-state index contributed by atoms with van der Waals surface area (Å²) < 4.78 is 41.1. The highest BCUT2D eigenvalue weighted by Gasteiger charge is 2.35. The SMILES string of the molecule is CCC[C@H](NC(=O)c1ccc(-c2c(Cl)cccc2-c2nc3ccccc3[nH]2)c(C(=O)O)c1)c1ccccc1C(F)(F)F. The van der Waals surface area contributed by atoms with E-state index in [0.717, 1.165) is 17.1 Å². The van der Waals surface area contributed by atoms with Crippen molar-refractivity contribution < 1.29 is 27.9 Å². The van der Waals surface area contributed by atoms with E-state index >= 15 is 0 Å². The first kappa shape index (κ1) is 28.9. The molecule has 0 bridgehead atoms. The fourth-order valence-electron chi connectivity index (χ4n) is 5.05. The number of para-hydroxylation sites is 2. The molecule has 5 aromatic rings. The van der Waals surface area contributed by atoms with Gasteiger partial charge < -0.3 is 15.4 Å². The first-order chi connectivity index (χ1) is 20.1. The molecule has 0 aliphatic rings. The van der Waals surface area contributed by atoms with Gasteiger partial charge in [0.15, 0.2) is 0 Å². The van der Waals surface area contributed by atoms with Gasteiger partial charge in [0.1, 0.15) is 5.82 Å². The van der Waals surface area contributed by atoms with Crippen LogP contribution < -0.4 is 5.32 Å². The summed E-state index contributed by atoms with van der Waals surface area (Å²) in [6, 6.07) is 20.8. The molecule has 3 N–H and O–H groups in total. The molecule has 0 radical (unpaired) electrons. The molecule has 10 heteroatoms. The molecular formula is C32H25ClF3N3O3.